The standard InChI is InChI=1S/C19H26O7/c1-5-24-14(20)12-11-18(4)9-8-10-19(16(18)22,17(23)26-7-3)13(12)15(21)25-6-2/h8-9,12-13H,5-7,10-11H2,1-4H3/t12-,13+,18+,19+/m0/s1. The van der Waals surface area contributed by atoms with Crippen molar-refractivity contribution in [3.63, 3.8) is 0 Å². The summed E-state index contributed by atoms with van der Waals surface area (Å²) in [7, 11) is 0. The Labute approximate surface area is 153 Å². The molecule has 1 fully saturated rings. The van der Waals surface area contributed by atoms with Crippen LogP contribution in [-0.2, 0) is 33.4 Å². The molecule has 0 heterocycles. The lowest BCUT2D eigenvalue weighted by Gasteiger charge is -2.50. The maximum atomic E-state index is 13.3. The number of hydrogen-bond acceptors (Lipinski definition) is 7. The summed E-state index contributed by atoms with van der Waals surface area (Å²) in [6, 6.07) is 0. The number of hydrogen-bond donors (Lipinski definition) is 0. The molecule has 2 aliphatic carbocycles. The topological polar surface area (TPSA) is 96.0 Å². The van der Waals surface area contributed by atoms with Crippen LogP contribution in [0.25, 0.3) is 0 Å². The minimum atomic E-state index is -1.76. The van der Waals surface area contributed by atoms with Crippen LogP contribution in [0.15, 0.2) is 12.2 Å². The fraction of sp³-hybridized carbons (Fsp3) is 0.684. The van der Waals surface area contributed by atoms with Crippen molar-refractivity contribution >= 4 is 23.7 Å². The van der Waals surface area contributed by atoms with Gasteiger partial charge in [0.05, 0.1) is 31.7 Å². The van der Waals surface area contributed by atoms with E-state index in [-0.39, 0.29) is 32.7 Å². The van der Waals surface area contributed by atoms with Crippen molar-refractivity contribution in [3.05, 3.63) is 12.2 Å². The smallest absolute Gasteiger partial charge is 0.320 e. The number of carbonyl (C=O) groups excluding carboxylic acids is 4. The predicted molar refractivity (Wildman–Crippen MR) is 90.8 cm³/mol. The van der Waals surface area contributed by atoms with Gasteiger partial charge in [-0.1, -0.05) is 12.2 Å². The summed E-state index contributed by atoms with van der Waals surface area (Å²) in [5.41, 5.74) is -2.80. The second kappa shape index (κ2) is 7.60. The first kappa shape index (κ1) is 20.1. The summed E-state index contributed by atoms with van der Waals surface area (Å²) >= 11 is 0. The van der Waals surface area contributed by atoms with Gasteiger partial charge in [-0.15, -0.1) is 0 Å². The highest BCUT2D eigenvalue weighted by Gasteiger charge is 2.68. The number of rotatable bonds is 6. The van der Waals surface area contributed by atoms with E-state index in [1.54, 1.807) is 39.8 Å². The zero-order valence-corrected chi connectivity index (χ0v) is 15.7. The quantitative estimate of drug-likeness (QED) is 0.306. The Morgan fingerprint density at radius 2 is 1.62 bits per heavy atom. The maximum Gasteiger partial charge on any atom is 0.320 e. The third kappa shape index (κ3) is 3.04. The molecule has 2 bridgehead atoms. The molecule has 2 aliphatic rings. The number of Topliss-reactive ketones (excluding diaryl/α,β-unsaturated/α-hetero) is 1. The number of ketones is 1. The molecule has 2 rings (SSSR count). The first-order valence-corrected chi connectivity index (χ1v) is 9.01. The highest BCUT2D eigenvalue weighted by molar-refractivity contribution is 6.13. The summed E-state index contributed by atoms with van der Waals surface area (Å²) in [6.07, 6.45) is 3.51. The van der Waals surface area contributed by atoms with Crippen LogP contribution in [0.5, 0.6) is 0 Å². The molecule has 0 aromatic rings. The molecule has 0 aromatic heterocycles. The molecule has 0 saturated heterocycles. The summed E-state index contributed by atoms with van der Waals surface area (Å²) in [6.45, 7) is 6.86. The predicted octanol–water partition coefficient (Wildman–Crippen LogP) is 1.83. The van der Waals surface area contributed by atoms with Gasteiger partial charge in [0.2, 0.25) is 0 Å². The molecule has 0 amide bonds. The van der Waals surface area contributed by atoms with Gasteiger partial charge in [0.1, 0.15) is 5.41 Å². The van der Waals surface area contributed by atoms with Gasteiger partial charge in [-0.05, 0) is 40.5 Å². The van der Waals surface area contributed by atoms with E-state index in [2.05, 4.69) is 0 Å². The molecule has 7 heteroatoms. The highest BCUT2D eigenvalue weighted by Crippen LogP contribution is 2.56. The number of carbonyl (C=O) groups is 4. The fourth-order valence-corrected chi connectivity index (χ4v) is 4.16. The summed E-state index contributed by atoms with van der Waals surface area (Å²) in [4.78, 5) is 51.6. The maximum absolute atomic E-state index is 13.3. The van der Waals surface area contributed by atoms with Gasteiger partial charge in [-0.2, -0.15) is 0 Å². The lowest BCUT2D eigenvalue weighted by molar-refractivity contribution is -0.189. The van der Waals surface area contributed by atoms with Crippen LogP contribution in [0.2, 0.25) is 0 Å². The highest BCUT2D eigenvalue weighted by atomic mass is 16.5. The first-order chi connectivity index (χ1) is 12.3. The molecule has 0 radical (unpaired) electrons. The molecule has 4 atom stereocenters. The van der Waals surface area contributed by atoms with E-state index in [4.69, 9.17) is 14.2 Å². The summed E-state index contributed by atoms with van der Waals surface area (Å²) < 4.78 is 15.4. The van der Waals surface area contributed by atoms with Gasteiger partial charge in [-0.25, -0.2) is 0 Å². The Morgan fingerprint density at radius 3 is 2.19 bits per heavy atom. The van der Waals surface area contributed by atoms with Gasteiger partial charge in [0, 0.05) is 5.41 Å². The van der Waals surface area contributed by atoms with Crippen molar-refractivity contribution in [1.29, 1.82) is 0 Å². The van der Waals surface area contributed by atoms with Crippen LogP contribution in [0, 0.1) is 22.7 Å². The molecular weight excluding hydrogens is 340 g/mol. The minimum absolute atomic E-state index is 0.000355. The van der Waals surface area contributed by atoms with Crippen LogP contribution in [0.4, 0.5) is 0 Å². The van der Waals surface area contributed by atoms with E-state index >= 15 is 0 Å². The van der Waals surface area contributed by atoms with Gasteiger partial charge < -0.3 is 14.2 Å². The molecular formula is C19H26O7. The monoisotopic (exact) mass is 366 g/mol. The Kier molecular flexibility index (Phi) is 5.88. The Hall–Kier alpha value is -2.18. The third-order valence-corrected chi connectivity index (χ3v) is 5.20. The first-order valence-electron chi connectivity index (χ1n) is 9.01. The van der Waals surface area contributed by atoms with Crippen LogP contribution in [-0.4, -0.2) is 43.5 Å². The van der Waals surface area contributed by atoms with Gasteiger partial charge in [0.25, 0.3) is 0 Å². The lowest BCUT2D eigenvalue weighted by atomic mass is 9.49. The minimum Gasteiger partial charge on any atom is -0.466 e. The molecule has 0 spiro atoms. The lowest BCUT2D eigenvalue weighted by Crippen LogP contribution is -2.63. The normalized spacial score (nSPS) is 32.7. The largest absolute Gasteiger partial charge is 0.466 e. The molecule has 0 unspecified atom stereocenters. The van der Waals surface area contributed by atoms with Gasteiger partial charge in [-0.3, -0.25) is 19.2 Å². The van der Waals surface area contributed by atoms with Crippen molar-refractivity contribution in [2.75, 3.05) is 19.8 Å². The van der Waals surface area contributed by atoms with Gasteiger partial charge in [0.15, 0.2) is 5.78 Å². The summed E-state index contributed by atoms with van der Waals surface area (Å²) in [5, 5.41) is 0. The Bertz CT molecular complexity index is 638. The average Bonchev–Trinajstić information content (AvgIpc) is 2.57. The second-order valence-corrected chi connectivity index (χ2v) is 6.84. The molecule has 7 nitrogen and oxygen atoms in total. The van der Waals surface area contributed by atoms with E-state index in [0.29, 0.717) is 0 Å². The average molecular weight is 366 g/mol. The number of ether oxygens (including phenoxy) is 3. The third-order valence-electron chi connectivity index (χ3n) is 5.20. The Balaban J connectivity index is 2.64. The summed E-state index contributed by atoms with van der Waals surface area (Å²) in [5.74, 6) is -4.74. The molecule has 0 N–H and O–H groups in total. The van der Waals surface area contributed by atoms with E-state index in [1.165, 1.54) is 0 Å². The number of esters is 3. The number of allylic oxidation sites excluding steroid dienone is 2. The molecule has 144 valence electrons. The molecule has 1 saturated carbocycles. The molecule has 0 aromatic carbocycles. The van der Waals surface area contributed by atoms with Crippen LogP contribution >= 0.6 is 0 Å². The van der Waals surface area contributed by atoms with Crippen LogP contribution < -0.4 is 0 Å². The van der Waals surface area contributed by atoms with E-state index in [0.717, 1.165) is 0 Å². The van der Waals surface area contributed by atoms with Crippen molar-refractivity contribution in [2.24, 2.45) is 22.7 Å². The SMILES string of the molecule is CCOC(=O)[C@H]1C[C@@]2(C)C=CC[C@](C(=O)OCC)(C2=O)[C@H]1C(=O)OCC. The van der Waals surface area contributed by atoms with Crippen molar-refractivity contribution < 1.29 is 33.4 Å². The van der Waals surface area contributed by atoms with E-state index in [9.17, 15) is 19.2 Å². The van der Waals surface area contributed by atoms with E-state index < -0.39 is 46.4 Å². The zero-order chi connectivity index (χ0) is 19.5. The van der Waals surface area contributed by atoms with E-state index in [1.807, 2.05) is 0 Å². The molecule has 0 aliphatic heterocycles. The van der Waals surface area contributed by atoms with Crippen molar-refractivity contribution in [2.45, 2.75) is 40.5 Å². The zero-order valence-electron chi connectivity index (χ0n) is 15.7. The fourth-order valence-electron chi connectivity index (χ4n) is 4.16. The van der Waals surface area contributed by atoms with Gasteiger partial charge >= 0.3 is 17.9 Å². The Morgan fingerprint density at radius 1 is 1.04 bits per heavy atom. The second-order valence-electron chi connectivity index (χ2n) is 6.84. The van der Waals surface area contributed by atoms with Crippen molar-refractivity contribution in [1.82, 2.24) is 0 Å². The number of fused-ring (bicyclic) bond motifs is 2. The van der Waals surface area contributed by atoms with Crippen LogP contribution in [0.3, 0.4) is 0 Å². The molecule has 26 heavy (non-hydrogen) atoms. The van der Waals surface area contributed by atoms with Crippen molar-refractivity contribution in [3.8, 4) is 0 Å². The van der Waals surface area contributed by atoms with Crippen LogP contribution in [0.1, 0.15) is 40.5 Å².